The van der Waals surface area contributed by atoms with Crippen molar-refractivity contribution in [2.45, 2.75) is 5.92 Å². The van der Waals surface area contributed by atoms with Crippen molar-refractivity contribution in [2.75, 3.05) is 23.3 Å². The largest absolute Gasteiger partial charge is 0.344 e. The first-order valence-corrected chi connectivity index (χ1v) is 4.40. The van der Waals surface area contributed by atoms with Crippen molar-refractivity contribution in [3.8, 4) is 0 Å². The first-order chi connectivity index (χ1) is 7.11. The first kappa shape index (κ1) is 9.82. The van der Waals surface area contributed by atoms with E-state index >= 15 is 0 Å². The molecule has 2 heterocycles. The van der Waals surface area contributed by atoms with Crippen molar-refractivity contribution in [3.63, 3.8) is 0 Å². The second-order valence-electron chi connectivity index (χ2n) is 3.38. The van der Waals surface area contributed by atoms with Gasteiger partial charge in [-0.1, -0.05) is 0 Å². The summed E-state index contributed by atoms with van der Waals surface area (Å²) >= 11 is 0. The fourth-order valence-corrected chi connectivity index (χ4v) is 1.40. The number of alkyl halides is 2. The van der Waals surface area contributed by atoms with E-state index < -0.39 is 5.92 Å². The number of carbonyl (C=O) groups excluding carboxylic acids is 1. The number of hydrogen-bond acceptors (Lipinski definition) is 3. The van der Waals surface area contributed by atoms with E-state index in [9.17, 15) is 13.6 Å². The van der Waals surface area contributed by atoms with Crippen molar-refractivity contribution < 1.29 is 13.6 Å². The van der Waals surface area contributed by atoms with Crippen LogP contribution in [0.3, 0.4) is 0 Å². The molecule has 4 nitrogen and oxygen atoms in total. The van der Waals surface area contributed by atoms with Crippen molar-refractivity contribution in [2.24, 2.45) is 0 Å². The Hall–Kier alpha value is -1.72. The minimum absolute atomic E-state index is 0.291. The maximum absolute atomic E-state index is 12.5. The summed E-state index contributed by atoms with van der Waals surface area (Å²) in [4.78, 5) is 15.5. The molecule has 1 fully saturated rings. The molecule has 1 N–H and O–H groups in total. The number of halogens is 2. The van der Waals surface area contributed by atoms with Gasteiger partial charge in [0.1, 0.15) is 5.82 Å². The lowest BCUT2D eigenvalue weighted by atomic mass is 10.1. The summed E-state index contributed by atoms with van der Waals surface area (Å²) in [6.45, 7) is -0.582. The predicted molar refractivity (Wildman–Crippen MR) is 51.1 cm³/mol. The Morgan fingerprint density at radius 1 is 1.47 bits per heavy atom. The second-order valence-corrected chi connectivity index (χ2v) is 3.38. The van der Waals surface area contributed by atoms with Gasteiger partial charge in [0.15, 0.2) is 0 Å². The number of nitrogens with zero attached hydrogens (tertiary/aromatic N) is 2. The zero-order valence-corrected chi connectivity index (χ0v) is 7.78. The summed E-state index contributed by atoms with van der Waals surface area (Å²) in [7, 11) is 0. The molecule has 1 aliphatic heterocycles. The van der Waals surface area contributed by atoms with Gasteiger partial charge >= 0.3 is 0 Å². The molecule has 0 atom stereocenters. The van der Waals surface area contributed by atoms with Gasteiger partial charge in [-0.05, 0) is 12.1 Å². The molecule has 0 aliphatic carbocycles. The van der Waals surface area contributed by atoms with Crippen LogP contribution in [0, 0.1) is 0 Å². The van der Waals surface area contributed by atoms with Gasteiger partial charge in [-0.2, -0.15) is 0 Å². The molecule has 15 heavy (non-hydrogen) atoms. The van der Waals surface area contributed by atoms with Crippen molar-refractivity contribution in [1.29, 1.82) is 0 Å². The van der Waals surface area contributed by atoms with E-state index in [1.165, 1.54) is 11.1 Å². The Morgan fingerprint density at radius 2 is 2.20 bits per heavy atom. The van der Waals surface area contributed by atoms with E-state index in [1.807, 2.05) is 0 Å². The molecule has 0 aromatic carbocycles. The molecule has 1 aromatic heterocycles. The summed E-state index contributed by atoms with van der Waals surface area (Å²) in [5.41, 5.74) is 0.543. The quantitative estimate of drug-likeness (QED) is 0.765. The molecular formula is C9H9F2N3O. The number of rotatable bonds is 3. The SMILES string of the molecule is O=CNc1ccc(N2CC(F)(F)C2)nc1. The number of nitrogens with one attached hydrogen (secondary N) is 1. The Kier molecular flexibility index (Phi) is 2.26. The van der Waals surface area contributed by atoms with Gasteiger partial charge in [-0.3, -0.25) is 4.79 Å². The van der Waals surface area contributed by atoms with Crippen LogP contribution in [0.15, 0.2) is 18.3 Å². The Labute approximate surface area is 84.9 Å². The Morgan fingerprint density at radius 3 is 2.67 bits per heavy atom. The topological polar surface area (TPSA) is 45.2 Å². The third-order valence-electron chi connectivity index (χ3n) is 2.14. The van der Waals surface area contributed by atoms with Gasteiger partial charge in [0.05, 0.1) is 25.0 Å². The highest BCUT2D eigenvalue weighted by atomic mass is 19.3. The van der Waals surface area contributed by atoms with E-state index in [0.29, 0.717) is 17.9 Å². The lowest BCUT2D eigenvalue weighted by molar-refractivity contribution is -0.105. The number of anilines is 2. The van der Waals surface area contributed by atoms with Crippen LogP contribution in [0.2, 0.25) is 0 Å². The van der Waals surface area contributed by atoms with Gasteiger partial charge in [-0.15, -0.1) is 0 Å². The highest BCUT2D eigenvalue weighted by molar-refractivity contribution is 5.71. The van der Waals surface area contributed by atoms with E-state index in [1.54, 1.807) is 12.1 Å². The fraction of sp³-hybridized carbons (Fsp3) is 0.333. The molecule has 2 rings (SSSR count). The number of aromatic nitrogens is 1. The smallest absolute Gasteiger partial charge is 0.282 e. The van der Waals surface area contributed by atoms with Crippen LogP contribution in [-0.2, 0) is 4.79 Å². The van der Waals surface area contributed by atoms with Crippen molar-refractivity contribution in [3.05, 3.63) is 18.3 Å². The number of amides is 1. The van der Waals surface area contributed by atoms with Crippen molar-refractivity contribution in [1.82, 2.24) is 4.98 Å². The van der Waals surface area contributed by atoms with E-state index in [0.717, 1.165) is 0 Å². The third-order valence-corrected chi connectivity index (χ3v) is 2.14. The molecular weight excluding hydrogens is 204 g/mol. The van der Waals surface area contributed by atoms with E-state index in [2.05, 4.69) is 10.3 Å². The molecule has 1 aliphatic rings. The normalized spacial score (nSPS) is 18.1. The summed E-state index contributed by atoms with van der Waals surface area (Å²) < 4.78 is 25.1. The van der Waals surface area contributed by atoms with Crippen LogP contribution < -0.4 is 10.2 Å². The fourth-order valence-electron chi connectivity index (χ4n) is 1.40. The van der Waals surface area contributed by atoms with Crippen LogP contribution in [0.25, 0.3) is 0 Å². The summed E-state index contributed by atoms with van der Waals surface area (Å²) in [5, 5.41) is 2.42. The minimum Gasteiger partial charge on any atom is -0.344 e. The zero-order valence-electron chi connectivity index (χ0n) is 7.78. The molecule has 1 amide bonds. The van der Waals surface area contributed by atoms with Crippen LogP contribution in [0.4, 0.5) is 20.3 Å². The highest BCUT2D eigenvalue weighted by Gasteiger charge is 2.44. The Bertz CT molecular complexity index is 358. The molecule has 0 spiro atoms. The van der Waals surface area contributed by atoms with Gasteiger partial charge in [-0.25, -0.2) is 13.8 Å². The molecule has 1 saturated heterocycles. The van der Waals surface area contributed by atoms with Crippen LogP contribution in [-0.4, -0.2) is 30.4 Å². The second kappa shape index (κ2) is 3.45. The zero-order chi connectivity index (χ0) is 10.9. The van der Waals surface area contributed by atoms with Gasteiger partial charge in [0.25, 0.3) is 5.92 Å². The molecule has 0 saturated carbocycles. The minimum atomic E-state index is -2.60. The maximum atomic E-state index is 12.5. The average molecular weight is 213 g/mol. The maximum Gasteiger partial charge on any atom is 0.282 e. The first-order valence-electron chi connectivity index (χ1n) is 4.40. The molecule has 0 bridgehead atoms. The van der Waals surface area contributed by atoms with Gasteiger partial charge in [0.2, 0.25) is 6.41 Å². The summed E-state index contributed by atoms with van der Waals surface area (Å²) in [5.74, 6) is -2.10. The molecule has 1 aromatic rings. The molecule has 0 radical (unpaired) electrons. The predicted octanol–water partition coefficient (Wildman–Crippen LogP) is 1.11. The average Bonchev–Trinajstić information content (AvgIpc) is 2.16. The van der Waals surface area contributed by atoms with Gasteiger partial charge < -0.3 is 10.2 Å². The van der Waals surface area contributed by atoms with E-state index in [4.69, 9.17) is 0 Å². The molecule has 6 heteroatoms. The van der Waals surface area contributed by atoms with Crippen LogP contribution in [0.5, 0.6) is 0 Å². The summed E-state index contributed by atoms with van der Waals surface area (Å²) in [6, 6.07) is 3.22. The number of carbonyl (C=O) groups is 1. The van der Waals surface area contributed by atoms with Crippen LogP contribution >= 0.6 is 0 Å². The molecule has 0 unspecified atom stereocenters. The van der Waals surface area contributed by atoms with E-state index in [-0.39, 0.29) is 13.1 Å². The Balaban J connectivity index is 2.02. The lowest BCUT2D eigenvalue weighted by Crippen LogP contribution is -2.56. The molecule has 80 valence electrons. The monoisotopic (exact) mass is 213 g/mol. The number of hydrogen-bond donors (Lipinski definition) is 1. The highest BCUT2D eigenvalue weighted by Crippen LogP contribution is 2.30. The van der Waals surface area contributed by atoms with Crippen molar-refractivity contribution >= 4 is 17.9 Å². The summed E-state index contributed by atoms with van der Waals surface area (Å²) in [6.07, 6.45) is 1.97. The third kappa shape index (κ3) is 2.03. The van der Waals surface area contributed by atoms with Gasteiger partial charge in [0, 0.05) is 0 Å². The standard InChI is InChI=1S/C9H9F2N3O/c10-9(11)4-14(5-9)8-2-1-7(3-12-8)13-6-15/h1-3,6H,4-5H2,(H,13,15). The van der Waals surface area contributed by atoms with Crippen LogP contribution in [0.1, 0.15) is 0 Å². The lowest BCUT2D eigenvalue weighted by Gasteiger charge is -2.39. The number of pyridine rings is 1.